The monoisotopic (exact) mass is 342 g/mol. The van der Waals surface area contributed by atoms with Crippen LogP contribution in [0.15, 0.2) is 42.7 Å². The zero-order valence-corrected chi connectivity index (χ0v) is 14.2. The Kier molecular flexibility index (Phi) is 4.74. The highest BCUT2D eigenvalue weighted by Crippen LogP contribution is 2.29. The van der Waals surface area contributed by atoms with Crippen LogP contribution >= 0.6 is 0 Å². The number of nitrogens with one attached hydrogen (secondary N) is 1. The van der Waals surface area contributed by atoms with Gasteiger partial charge in [0.05, 0.1) is 12.0 Å². The molecule has 1 aliphatic rings. The highest BCUT2D eigenvalue weighted by molar-refractivity contribution is 5.79. The van der Waals surface area contributed by atoms with Crippen LogP contribution in [0.1, 0.15) is 24.5 Å². The van der Waals surface area contributed by atoms with Crippen molar-refractivity contribution in [2.24, 2.45) is 5.41 Å². The van der Waals surface area contributed by atoms with Crippen LogP contribution in [0.3, 0.4) is 0 Å². The average molecular weight is 342 g/mol. The third-order valence-electron chi connectivity index (χ3n) is 4.65. The zero-order valence-electron chi connectivity index (χ0n) is 14.2. The average Bonchev–Trinajstić information content (AvgIpc) is 3.24. The number of carboxylic acid groups (broad SMARTS) is 1. The Morgan fingerprint density at radius 3 is 2.60 bits per heavy atom. The predicted molar refractivity (Wildman–Crippen MR) is 91.9 cm³/mol. The maximum absolute atomic E-state index is 12.2. The van der Waals surface area contributed by atoms with Crippen LogP contribution in [0, 0.1) is 5.41 Å². The predicted octanol–water partition coefficient (Wildman–Crippen LogP) is 1.94. The number of aliphatic carboxylic acids is 1. The molecule has 2 heterocycles. The maximum Gasteiger partial charge on any atom is 0.317 e. The van der Waals surface area contributed by atoms with Gasteiger partial charge in [-0.05, 0) is 30.5 Å². The van der Waals surface area contributed by atoms with Gasteiger partial charge >= 0.3 is 12.0 Å². The van der Waals surface area contributed by atoms with Gasteiger partial charge in [-0.15, -0.1) is 0 Å². The van der Waals surface area contributed by atoms with Crippen molar-refractivity contribution in [1.29, 1.82) is 0 Å². The third-order valence-corrected chi connectivity index (χ3v) is 4.65. The third kappa shape index (κ3) is 3.99. The number of carbonyl (C=O) groups excluding carboxylic acids is 1. The molecule has 7 heteroatoms. The van der Waals surface area contributed by atoms with Crippen LogP contribution in [0.25, 0.3) is 0 Å². The Morgan fingerprint density at radius 1 is 1.28 bits per heavy atom. The van der Waals surface area contributed by atoms with Gasteiger partial charge in [-0.3, -0.25) is 9.48 Å². The van der Waals surface area contributed by atoms with Crippen LogP contribution in [0.2, 0.25) is 0 Å². The largest absolute Gasteiger partial charge is 0.481 e. The topological polar surface area (TPSA) is 87.5 Å². The Labute approximate surface area is 146 Å². The molecule has 0 bridgehead atoms. The first-order chi connectivity index (χ1) is 12.0. The fraction of sp³-hybridized carbons (Fsp3) is 0.389. The molecule has 1 atom stereocenters. The molecule has 25 heavy (non-hydrogen) atoms. The molecule has 2 aromatic rings. The first kappa shape index (κ1) is 17.0. The number of aromatic nitrogens is 2. The minimum Gasteiger partial charge on any atom is -0.481 e. The van der Waals surface area contributed by atoms with E-state index in [9.17, 15) is 14.7 Å². The number of benzene rings is 1. The summed E-state index contributed by atoms with van der Waals surface area (Å²) in [5.41, 5.74) is 1.29. The molecule has 3 rings (SSSR count). The van der Waals surface area contributed by atoms with Crippen LogP contribution in [-0.4, -0.2) is 44.9 Å². The summed E-state index contributed by atoms with van der Waals surface area (Å²) in [6.45, 7) is 3.53. The summed E-state index contributed by atoms with van der Waals surface area (Å²) in [6, 6.07) is 9.65. The van der Waals surface area contributed by atoms with E-state index >= 15 is 0 Å². The van der Waals surface area contributed by atoms with Crippen molar-refractivity contribution in [1.82, 2.24) is 20.0 Å². The van der Waals surface area contributed by atoms with Gasteiger partial charge in [-0.1, -0.05) is 24.3 Å². The summed E-state index contributed by atoms with van der Waals surface area (Å²) >= 11 is 0. The Balaban J connectivity index is 1.50. The standard InChI is InChI=1S/C18H22N4O3/c1-18(16(23)24)7-10-21(13-18)17(25)19-11-14-3-5-15(6-4-14)12-22-9-2-8-20-22/h2-6,8-9H,7,10-13H2,1H3,(H,19,25)(H,23,24). The number of carboxylic acids is 1. The van der Waals surface area contributed by atoms with Gasteiger partial charge in [0.15, 0.2) is 0 Å². The molecule has 1 aliphatic heterocycles. The summed E-state index contributed by atoms with van der Waals surface area (Å²) in [5.74, 6) is -0.851. The van der Waals surface area contributed by atoms with Crippen molar-refractivity contribution in [2.45, 2.75) is 26.4 Å². The maximum atomic E-state index is 12.2. The smallest absolute Gasteiger partial charge is 0.317 e. The summed E-state index contributed by atoms with van der Waals surface area (Å²) in [7, 11) is 0. The molecule has 2 amide bonds. The van der Waals surface area contributed by atoms with E-state index in [-0.39, 0.29) is 12.6 Å². The minimum atomic E-state index is -0.851. The summed E-state index contributed by atoms with van der Waals surface area (Å²) in [4.78, 5) is 25.0. The molecule has 1 aromatic heterocycles. The molecule has 1 aromatic carbocycles. The summed E-state index contributed by atoms with van der Waals surface area (Å²) in [5, 5.41) is 16.3. The summed E-state index contributed by atoms with van der Waals surface area (Å²) < 4.78 is 1.85. The van der Waals surface area contributed by atoms with E-state index in [1.54, 1.807) is 18.0 Å². The first-order valence-electron chi connectivity index (χ1n) is 8.28. The lowest BCUT2D eigenvalue weighted by atomic mass is 9.90. The Morgan fingerprint density at radius 2 is 2.00 bits per heavy atom. The molecule has 132 valence electrons. The molecule has 0 saturated carbocycles. The van der Waals surface area contributed by atoms with Gasteiger partial charge in [0.2, 0.25) is 0 Å². The lowest BCUT2D eigenvalue weighted by Crippen LogP contribution is -2.40. The van der Waals surface area contributed by atoms with Crippen molar-refractivity contribution in [2.75, 3.05) is 13.1 Å². The molecule has 1 saturated heterocycles. The van der Waals surface area contributed by atoms with E-state index in [0.29, 0.717) is 26.1 Å². The van der Waals surface area contributed by atoms with E-state index in [2.05, 4.69) is 10.4 Å². The molecule has 1 fully saturated rings. The molecule has 0 radical (unpaired) electrons. The number of nitrogens with zero attached hydrogens (tertiary/aromatic N) is 3. The van der Waals surface area contributed by atoms with Gasteiger partial charge in [0.1, 0.15) is 0 Å². The van der Waals surface area contributed by atoms with Gasteiger partial charge in [-0.2, -0.15) is 5.10 Å². The number of amides is 2. The molecular weight excluding hydrogens is 320 g/mol. The van der Waals surface area contributed by atoms with Crippen molar-refractivity contribution in [3.05, 3.63) is 53.9 Å². The van der Waals surface area contributed by atoms with E-state index in [4.69, 9.17) is 0 Å². The van der Waals surface area contributed by atoms with Gasteiger partial charge in [-0.25, -0.2) is 4.79 Å². The van der Waals surface area contributed by atoms with Crippen molar-refractivity contribution >= 4 is 12.0 Å². The number of hydrogen-bond acceptors (Lipinski definition) is 3. The van der Waals surface area contributed by atoms with Crippen LogP contribution in [-0.2, 0) is 17.9 Å². The first-order valence-corrected chi connectivity index (χ1v) is 8.28. The normalized spacial score (nSPS) is 19.8. The van der Waals surface area contributed by atoms with Crippen LogP contribution in [0.4, 0.5) is 4.79 Å². The van der Waals surface area contributed by atoms with Crippen LogP contribution in [0.5, 0.6) is 0 Å². The zero-order chi connectivity index (χ0) is 17.9. The number of urea groups is 1. The van der Waals surface area contributed by atoms with E-state index in [1.807, 2.05) is 41.2 Å². The Bertz CT molecular complexity index is 742. The molecule has 0 spiro atoms. The van der Waals surface area contributed by atoms with E-state index < -0.39 is 11.4 Å². The van der Waals surface area contributed by atoms with Crippen molar-refractivity contribution < 1.29 is 14.7 Å². The fourth-order valence-electron chi connectivity index (χ4n) is 2.94. The van der Waals surface area contributed by atoms with E-state index in [1.165, 1.54) is 0 Å². The minimum absolute atomic E-state index is 0.217. The van der Waals surface area contributed by atoms with Crippen molar-refractivity contribution in [3.63, 3.8) is 0 Å². The molecule has 2 N–H and O–H groups in total. The second-order valence-electron chi connectivity index (χ2n) is 6.72. The van der Waals surface area contributed by atoms with Gasteiger partial charge in [0.25, 0.3) is 0 Å². The molecular formula is C18H22N4O3. The van der Waals surface area contributed by atoms with Crippen LogP contribution < -0.4 is 5.32 Å². The molecule has 7 nitrogen and oxygen atoms in total. The molecule has 0 aliphatic carbocycles. The Hall–Kier alpha value is -2.83. The number of carbonyl (C=O) groups is 2. The fourth-order valence-corrected chi connectivity index (χ4v) is 2.94. The lowest BCUT2D eigenvalue weighted by Gasteiger charge is -2.20. The van der Waals surface area contributed by atoms with Gasteiger partial charge < -0.3 is 15.3 Å². The highest BCUT2D eigenvalue weighted by Gasteiger charge is 2.42. The summed E-state index contributed by atoms with van der Waals surface area (Å²) in [6.07, 6.45) is 4.14. The van der Waals surface area contributed by atoms with Crippen molar-refractivity contribution in [3.8, 4) is 0 Å². The second kappa shape index (κ2) is 6.96. The second-order valence-corrected chi connectivity index (χ2v) is 6.72. The van der Waals surface area contributed by atoms with E-state index in [0.717, 1.165) is 11.1 Å². The SMILES string of the molecule is CC1(C(=O)O)CCN(C(=O)NCc2ccc(Cn3cccn3)cc2)C1. The van der Waals surface area contributed by atoms with Gasteiger partial charge in [0, 0.05) is 32.0 Å². The molecule has 1 unspecified atom stereocenters. The number of likely N-dealkylation sites (tertiary alicyclic amines) is 1. The number of hydrogen-bond donors (Lipinski definition) is 2. The quantitative estimate of drug-likeness (QED) is 0.869. The highest BCUT2D eigenvalue weighted by atomic mass is 16.4. The lowest BCUT2D eigenvalue weighted by molar-refractivity contribution is -0.147. The number of rotatable bonds is 5.